The molecule has 0 aliphatic carbocycles. The maximum Gasteiger partial charge on any atom is 0.328 e. The van der Waals surface area contributed by atoms with Crippen LogP contribution < -0.4 is 10.1 Å². The summed E-state index contributed by atoms with van der Waals surface area (Å²) in [5, 5.41) is 22.6. The number of aromatic hydroxyl groups is 2. The van der Waals surface area contributed by atoms with Crippen LogP contribution in [0.3, 0.4) is 0 Å². The lowest BCUT2D eigenvalue weighted by molar-refractivity contribution is -0.164. The summed E-state index contributed by atoms with van der Waals surface area (Å²) < 4.78 is 16.3. The van der Waals surface area contributed by atoms with Crippen LogP contribution in [-0.2, 0) is 52.7 Å². The Bertz CT molecular complexity index is 1820. The fourth-order valence-corrected chi connectivity index (χ4v) is 6.43. The van der Waals surface area contributed by atoms with Gasteiger partial charge in [0.2, 0.25) is 11.8 Å². The van der Waals surface area contributed by atoms with E-state index in [1.807, 2.05) is 19.1 Å². The minimum atomic E-state index is -1.23. The smallest absolute Gasteiger partial charge is 0.328 e. The van der Waals surface area contributed by atoms with Crippen LogP contribution in [0.5, 0.6) is 17.2 Å². The molecule has 0 saturated heterocycles. The highest BCUT2D eigenvalue weighted by Gasteiger charge is 2.40. The van der Waals surface area contributed by atoms with Gasteiger partial charge in [0, 0.05) is 32.9 Å². The lowest BCUT2D eigenvalue weighted by Crippen LogP contribution is -2.59. The summed E-state index contributed by atoms with van der Waals surface area (Å²) in [5.41, 5.74) is 2.15. The first-order valence-electron chi connectivity index (χ1n) is 19.4. The summed E-state index contributed by atoms with van der Waals surface area (Å²) in [6, 6.07) is 15.6. The Morgan fingerprint density at radius 3 is 1.52 bits per heavy atom. The molecule has 0 aliphatic heterocycles. The molecule has 0 heterocycles. The van der Waals surface area contributed by atoms with Gasteiger partial charge in [0.05, 0.1) is 14.2 Å². The molecule has 3 N–H and O–H groups in total. The second-order valence-corrected chi connectivity index (χ2v) is 15.2. The van der Waals surface area contributed by atoms with Gasteiger partial charge < -0.3 is 39.5 Å². The molecule has 0 spiro atoms. The standard InChI is InChI=1S/C44H60N4O10/c1-11-28(4)39(58-44(55)36(46(5)6)25-31-16-22-34(56-9)23-17-31)40(51)45-38(27(2)3)42(53)47(7)35(24-29-12-18-32(49)19-13-29)41(52)48(8)37(43(54)57-10)26-30-14-20-33(50)21-15-30/h12-23,27-28,35-39,49-50H,11,24-26H2,1-10H3,(H,45,51)/t28-,35-,36?,37-,38?,39+/m1/s1. The number of hydrogen-bond donors (Lipinski definition) is 3. The fourth-order valence-electron chi connectivity index (χ4n) is 6.43. The van der Waals surface area contributed by atoms with Crippen LogP contribution in [0.1, 0.15) is 50.8 Å². The van der Waals surface area contributed by atoms with Crippen molar-refractivity contribution < 1.29 is 48.4 Å². The third kappa shape index (κ3) is 12.7. The maximum atomic E-state index is 14.5. The van der Waals surface area contributed by atoms with Crippen molar-refractivity contribution in [2.24, 2.45) is 11.8 Å². The average Bonchev–Trinajstić information content (AvgIpc) is 3.21. The second kappa shape index (κ2) is 21.8. The van der Waals surface area contributed by atoms with Crippen LogP contribution in [0, 0.1) is 11.8 Å². The Kier molecular flexibility index (Phi) is 17.5. The summed E-state index contributed by atoms with van der Waals surface area (Å²) in [7, 11) is 9.21. The first-order chi connectivity index (χ1) is 27.4. The number of carbonyl (C=O) groups excluding carboxylic acids is 5. The Balaban J connectivity index is 1.92. The number of phenolic OH excluding ortho intramolecular Hbond substituents is 2. The van der Waals surface area contributed by atoms with Crippen molar-refractivity contribution in [2.45, 2.75) is 83.6 Å². The zero-order valence-electron chi connectivity index (χ0n) is 35.3. The average molecular weight is 805 g/mol. The maximum absolute atomic E-state index is 14.5. The van der Waals surface area contributed by atoms with Crippen LogP contribution in [0.2, 0.25) is 0 Å². The van der Waals surface area contributed by atoms with Gasteiger partial charge in [-0.3, -0.25) is 24.1 Å². The molecule has 6 atom stereocenters. The van der Waals surface area contributed by atoms with E-state index >= 15 is 0 Å². The van der Waals surface area contributed by atoms with Crippen molar-refractivity contribution in [2.75, 3.05) is 42.4 Å². The van der Waals surface area contributed by atoms with E-state index < -0.39 is 71.8 Å². The van der Waals surface area contributed by atoms with Crippen LogP contribution in [-0.4, -0.2) is 127 Å². The number of amides is 3. The highest BCUT2D eigenvalue weighted by Crippen LogP contribution is 2.22. The number of methoxy groups -OCH3 is 2. The topological polar surface area (TPSA) is 175 Å². The number of carbonyl (C=O) groups is 5. The van der Waals surface area contributed by atoms with E-state index in [0.29, 0.717) is 29.7 Å². The molecular weight excluding hydrogens is 745 g/mol. The third-order valence-electron chi connectivity index (χ3n) is 10.5. The summed E-state index contributed by atoms with van der Waals surface area (Å²) in [6.07, 6.45) is -0.341. The number of likely N-dealkylation sites (N-methyl/N-ethyl adjacent to an activating group) is 3. The van der Waals surface area contributed by atoms with E-state index in [1.54, 1.807) is 83.3 Å². The van der Waals surface area contributed by atoms with Crippen molar-refractivity contribution in [3.05, 3.63) is 89.5 Å². The molecule has 14 heteroatoms. The number of rotatable bonds is 20. The van der Waals surface area contributed by atoms with E-state index in [1.165, 1.54) is 55.3 Å². The molecule has 0 saturated carbocycles. The normalized spacial score (nSPS) is 14.3. The molecule has 3 rings (SSSR count). The Labute approximate surface area is 342 Å². The van der Waals surface area contributed by atoms with Gasteiger partial charge >= 0.3 is 11.9 Å². The molecule has 0 aromatic heterocycles. The van der Waals surface area contributed by atoms with Gasteiger partial charge in [-0.25, -0.2) is 4.79 Å². The zero-order valence-corrected chi connectivity index (χ0v) is 35.3. The van der Waals surface area contributed by atoms with E-state index in [2.05, 4.69) is 5.32 Å². The van der Waals surface area contributed by atoms with Gasteiger partial charge in [0.1, 0.15) is 41.4 Å². The SMILES string of the molecule is CC[C@@H](C)[C@H](OC(=O)C(Cc1ccc(OC)cc1)N(C)C)C(=O)NC(C(=O)N(C)[C@H](Cc1ccc(O)cc1)C(=O)N(C)[C@H](Cc1ccc(O)cc1)C(=O)OC)C(C)C. The predicted octanol–water partition coefficient (Wildman–Crippen LogP) is 3.99. The molecule has 0 radical (unpaired) electrons. The number of nitrogens with zero attached hydrogens (tertiary/aromatic N) is 3. The van der Waals surface area contributed by atoms with E-state index in [0.717, 1.165) is 5.56 Å². The monoisotopic (exact) mass is 804 g/mol. The summed E-state index contributed by atoms with van der Waals surface area (Å²) in [6.45, 7) is 7.18. The van der Waals surface area contributed by atoms with Gasteiger partial charge in [-0.1, -0.05) is 64.1 Å². The molecule has 316 valence electrons. The van der Waals surface area contributed by atoms with Crippen molar-refractivity contribution in [3.8, 4) is 17.2 Å². The van der Waals surface area contributed by atoms with E-state index in [-0.39, 0.29) is 24.3 Å². The van der Waals surface area contributed by atoms with Gasteiger partial charge in [0.15, 0.2) is 6.10 Å². The number of nitrogens with one attached hydrogen (secondary N) is 1. The van der Waals surface area contributed by atoms with Crippen LogP contribution >= 0.6 is 0 Å². The molecule has 58 heavy (non-hydrogen) atoms. The summed E-state index contributed by atoms with van der Waals surface area (Å²) in [5.74, 6) is -3.22. The van der Waals surface area contributed by atoms with Crippen LogP contribution in [0.15, 0.2) is 72.8 Å². The lowest BCUT2D eigenvalue weighted by atomic mass is 9.96. The minimum Gasteiger partial charge on any atom is -0.508 e. The zero-order chi connectivity index (χ0) is 43.3. The molecule has 0 fully saturated rings. The molecule has 3 amide bonds. The molecular formula is C44H60N4O10. The quantitative estimate of drug-likeness (QED) is 0.141. The minimum absolute atomic E-state index is 0.00475. The third-order valence-corrected chi connectivity index (χ3v) is 10.5. The number of ether oxygens (including phenoxy) is 3. The van der Waals surface area contributed by atoms with E-state index in [4.69, 9.17) is 14.2 Å². The second-order valence-electron chi connectivity index (χ2n) is 15.2. The Morgan fingerprint density at radius 1 is 0.638 bits per heavy atom. The molecule has 0 bridgehead atoms. The fraction of sp³-hybridized carbons (Fsp3) is 0.477. The first kappa shape index (κ1) is 46.8. The number of benzene rings is 3. The van der Waals surface area contributed by atoms with Crippen molar-refractivity contribution in [1.82, 2.24) is 20.0 Å². The van der Waals surface area contributed by atoms with Crippen molar-refractivity contribution >= 4 is 29.7 Å². The Hall–Kier alpha value is -5.63. The molecule has 3 aromatic rings. The molecule has 0 aliphatic rings. The summed E-state index contributed by atoms with van der Waals surface area (Å²) >= 11 is 0. The highest BCUT2D eigenvalue weighted by atomic mass is 16.6. The molecule has 2 unspecified atom stereocenters. The Morgan fingerprint density at radius 2 is 1.09 bits per heavy atom. The van der Waals surface area contributed by atoms with Crippen molar-refractivity contribution in [1.29, 1.82) is 0 Å². The van der Waals surface area contributed by atoms with Gasteiger partial charge in [0.25, 0.3) is 5.91 Å². The van der Waals surface area contributed by atoms with Crippen LogP contribution in [0.25, 0.3) is 0 Å². The number of esters is 2. The lowest BCUT2D eigenvalue weighted by Gasteiger charge is -2.36. The van der Waals surface area contributed by atoms with Crippen LogP contribution in [0.4, 0.5) is 0 Å². The number of hydrogen-bond acceptors (Lipinski definition) is 11. The first-order valence-corrected chi connectivity index (χ1v) is 19.4. The van der Waals surface area contributed by atoms with Gasteiger partial charge in [-0.05, 0) is 85.9 Å². The predicted molar refractivity (Wildman–Crippen MR) is 219 cm³/mol. The molecule has 14 nitrogen and oxygen atoms in total. The molecule has 3 aromatic carbocycles. The van der Waals surface area contributed by atoms with Crippen molar-refractivity contribution in [3.63, 3.8) is 0 Å². The largest absolute Gasteiger partial charge is 0.508 e. The van der Waals surface area contributed by atoms with E-state index in [9.17, 15) is 34.2 Å². The summed E-state index contributed by atoms with van der Waals surface area (Å²) in [4.78, 5) is 74.2. The van der Waals surface area contributed by atoms with Gasteiger partial charge in [-0.2, -0.15) is 0 Å². The number of phenols is 2. The highest BCUT2D eigenvalue weighted by molar-refractivity contribution is 5.95. The van der Waals surface area contributed by atoms with Gasteiger partial charge in [-0.15, -0.1) is 0 Å².